The average Bonchev–Trinajstić information content (AvgIpc) is 2.14. The van der Waals surface area contributed by atoms with Gasteiger partial charge in [-0.25, -0.2) is 4.79 Å². The van der Waals surface area contributed by atoms with E-state index in [9.17, 15) is 0 Å². The van der Waals surface area contributed by atoms with E-state index in [1.807, 2.05) is 7.05 Å². The molecule has 0 aromatic rings. The van der Waals surface area contributed by atoms with Gasteiger partial charge >= 0.3 is 6.16 Å². The van der Waals surface area contributed by atoms with Crippen LogP contribution in [0.15, 0.2) is 0 Å². The highest BCUT2D eigenvalue weighted by atomic mass is 16.6. The first-order chi connectivity index (χ1) is 6.18. The van der Waals surface area contributed by atoms with Gasteiger partial charge in [0.1, 0.15) is 0 Å². The molecular formula is C9H21NO3. The van der Waals surface area contributed by atoms with E-state index in [2.05, 4.69) is 17.0 Å². The Morgan fingerprint density at radius 2 is 1.92 bits per heavy atom. The van der Waals surface area contributed by atoms with E-state index in [0.29, 0.717) is 0 Å². The first kappa shape index (κ1) is 14.7. The molecule has 0 rings (SSSR count). The lowest BCUT2D eigenvalue weighted by molar-refractivity contribution is 0.114. The topological polar surface area (TPSA) is 58.6 Å². The second-order valence-electron chi connectivity index (χ2n) is 2.63. The van der Waals surface area contributed by atoms with Crippen LogP contribution in [-0.4, -0.2) is 32.0 Å². The lowest BCUT2D eigenvalue weighted by atomic mass is 10.2. The predicted octanol–water partition coefficient (Wildman–Crippen LogP) is 2.10. The van der Waals surface area contributed by atoms with Crippen LogP contribution in [0.2, 0.25) is 0 Å². The fourth-order valence-corrected chi connectivity index (χ4v) is 0.729. The normalized spacial score (nSPS) is 8.54. The Kier molecular flexibility index (Phi) is 15.6. The number of carbonyl (C=O) groups is 1. The summed E-state index contributed by atoms with van der Waals surface area (Å²) < 4.78 is 3.67. The van der Waals surface area contributed by atoms with Crippen molar-refractivity contribution < 1.29 is 14.6 Å². The summed E-state index contributed by atoms with van der Waals surface area (Å²) in [5, 5.41) is 10.6. The van der Waals surface area contributed by atoms with Crippen LogP contribution < -0.4 is 5.32 Å². The molecule has 0 radical (unpaired) electrons. The quantitative estimate of drug-likeness (QED) is 0.516. The Hall–Kier alpha value is -0.770. The summed E-state index contributed by atoms with van der Waals surface area (Å²) in [6.07, 6.45) is 4.21. The lowest BCUT2D eigenvalue weighted by Gasteiger charge is -1.95. The first-order valence-corrected chi connectivity index (χ1v) is 4.60. The molecule has 80 valence electrons. The van der Waals surface area contributed by atoms with Crippen molar-refractivity contribution in [1.82, 2.24) is 5.32 Å². The van der Waals surface area contributed by atoms with Crippen molar-refractivity contribution >= 4 is 6.16 Å². The molecule has 0 amide bonds. The molecule has 0 saturated carbocycles. The maximum atomic E-state index is 9.15. The minimum atomic E-state index is -1.25. The molecule has 4 heteroatoms. The maximum Gasteiger partial charge on any atom is 0.505 e. The SMILES string of the molecule is CCCCCCNC.COC(=O)O. The van der Waals surface area contributed by atoms with E-state index in [1.54, 1.807) is 0 Å². The number of hydrogen-bond acceptors (Lipinski definition) is 3. The standard InChI is InChI=1S/C7H17N.C2H4O3/c1-3-4-5-6-7-8-2;1-5-2(3)4/h8H,3-7H2,1-2H3;1H3,(H,3,4). The molecule has 0 fully saturated rings. The molecule has 0 heterocycles. The molecule has 0 aromatic carbocycles. The fraction of sp³-hybridized carbons (Fsp3) is 0.889. The number of unbranched alkanes of at least 4 members (excludes halogenated alkanes) is 3. The van der Waals surface area contributed by atoms with Crippen molar-refractivity contribution in [3.05, 3.63) is 0 Å². The Labute approximate surface area is 80.3 Å². The Bertz CT molecular complexity index is 101. The zero-order chi connectivity index (χ0) is 10.5. The molecule has 0 aliphatic carbocycles. The van der Waals surface area contributed by atoms with Crippen molar-refractivity contribution in [3.63, 3.8) is 0 Å². The summed E-state index contributed by atoms with van der Waals surface area (Å²) in [5.74, 6) is 0. The summed E-state index contributed by atoms with van der Waals surface area (Å²) in [6.45, 7) is 3.42. The summed E-state index contributed by atoms with van der Waals surface area (Å²) >= 11 is 0. The van der Waals surface area contributed by atoms with Gasteiger partial charge in [0.25, 0.3) is 0 Å². The van der Waals surface area contributed by atoms with Crippen LogP contribution in [-0.2, 0) is 4.74 Å². The smallest absolute Gasteiger partial charge is 0.450 e. The van der Waals surface area contributed by atoms with Gasteiger partial charge in [-0.3, -0.25) is 0 Å². The highest BCUT2D eigenvalue weighted by Gasteiger charge is 1.82. The monoisotopic (exact) mass is 191 g/mol. The molecule has 0 aliphatic heterocycles. The van der Waals surface area contributed by atoms with Gasteiger partial charge in [0.05, 0.1) is 7.11 Å². The summed E-state index contributed by atoms with van der Waals surface area (Å²) in [6, 6.07) is 0. The average molecular weight is 191 g/mol. The third-order valence-electron chi connectivity index (χ3n) is 1.45. The van der Waals surface area contributed by atoms with E-state index in [4.69, 9.17) is 9.90 Å². The molecule has 0 aliphatic rings. The van der Waals surface area contributed by atoms with Crippen LogP contribution in [0.25, 0.3) is 0 Å². The van der Waals surface area contributed by atoms with Crippen LogP contribution in [0.1, 0.15) is 32.6 Å². The van der Waals surface area contributed by atoms with Crippen molar-refractivity contribution in [2.45, 2.75) is 32.6 Å². The third-order valence-corrected chi connectivity index (χ3v) is 1.45. The van der Waals surface area contributed by atoms with E-state index in [1.165, 1.54) is 32.2 Å². The van der Waals surface area contributed by atoms with Crippen LogP contribution in [0.3, 0.4) is 0 Å². The molecule has 0 saturated heterocycles. The summed E-state index contributed by atoms with van der Waals surface area (Å²) in [4.78, 5) is 9.15. The van der Waals surface area contributed by atoms with Crippen LogP contribution in [0.5, 0.6) is 0 Å². The zero-order valence-corrected chi connectivity index (χ0v) is 8.80. The van der Waals surface area contributed by atoms with Gasteiger partial charge in [-0.15, -0.1) is 0 Å². The third kappa shape index (κ3) is 24.6. The van der Waals surface area contributed by atoms with Gasteiger partial charge in [0, 0.05) is 0 Å². The minimum Gasteiger partial charge on any atom is -0.450 e. The van der Waals surface area contributed by atoms with Crippen LogP contribution >= 0.6 is 0 Å². The molecular weight excluding hydrogens is 170 g/mol. The molecule has 0 aromatic heterocycles. The Balaban J connectivity index is 0. The van der Waals surface area contributed by atoms with Gasteiger partial charge in [0.2, 0.25) is 0 Å². The summed E-state index contributed by atoms with van der Waals surface area (Å²) in [5.41, 5.74) is 0. The van der Waals surface area contributed by atoms with Crippen molar-refractivity contribution in [3.8, 4) is 0 Å². The van der Waals surface area contributed by atoms with E-state index < -0.39 is 6.16 Å². The molecule has 2 N–H and O–H groups in total. The molecule has 0 unspecified atom stereocenters. The number of carboxylic acid groups (broad SMARTS) is 1. The van der Waals surface area contributed by atoms with Crippen molar-refractivity contribution in [2.75, 3.05) is 20.7 Å². The molecule has 0 atom stereocenters. The van der Waals surface area contributed by atoms with Gasteiger partial charge < -0.3 is 15.2 Å². The Morgan fingerprint density at radius 3 is 2.23 bits per heavy atom. The largest absolute Gasteiger partial charge is 0.505 e. The number of nitrogens with one attached hydrogen (secondary N) is 1. The van der Waals surface area contributed by atoms with Crippen molar-refractivity contribution in [2.24, 2.45) is 0 Å². The highest BCUT2D eigenvalue weighted by Crippen LogP contribution is 1.96. The molecule has 0 spiro atoms. The second-order valence-corrected chi connectivity index (χ2v) is 2.63. The van der Waals surface area contributed by atoms with E-state index in [0.717, 1.165) is 7.11 Å². The number of hydrogen-bond donors (Lipinski definition) is 2. The van der Waals surface area contributed by atoms with Gasteiger partial charge in [0.15, 0.2) is 0 Å². The van der Waals surface area contributed by atoms with Crippen LogP contribution in [0, 0.1) is 0 Å². The van der Waals surface area contributed by atoms with Gasteiger partial charge in [-0.2, -0.15) is 0 Å². The predicted molar refractivity (Wildman–Crippen MR) is 53.1 cm³/mol. The second kappa shape index (κ2) is 13.8. The first-order valence-electron chi connectivity index (χ1n) is 4.60. The summed E-state index contributed by atoms with van der Waals surface area (Å²) in [7, 11) is 3.11. The molecule has 0 bridgehead atoms. The van der Waals surface area contributed by atoms with Crippen molar-refractivity contribution in [1.29, 1.82) is 0 Å². The number of methoxy groups -OCH3 is 1. The minimum absolute atomic E-state index is 1.10. The number of rotatable bonds is 5. The Morgan fingerprint density at radius 1 is 1.38 bits per heavy atom. The zero-order valence-electron chi connectivity index (χ0n) is 8.80. The van der Waals surface area contributed by atoms with Gasteiger partial charge in [-0.1, -0.05) is 26.2 Å². The fourth-order valence-electron chi connectivity index (χ4n) is 0.729. The number of ether oxygens (including phenoxy) is 1. The van der Waals surface area contributed by atoms with E-state index in [-0.39, 0.29) is 0 Å². The highest BCUT2D eigenvalue weighted by molar-refractivity contribution is 5.56. The molecule has 13 heavy (non-hydrogen) atoms. The molecule has 4 nitrogen and oxygen atoms in total. The van der Waals surface area contributed by atoms with Gasteiger partial charge in [-0.05, 0) is 20.0 Å². The lowest BCUT2D eigenvalue weighted by Crippen LogP contribution is -2.06. The maximum absolute atomic E-state index is 9.15. The van der Waals surface area contributed by atoms with Crippen LogP contribution in [0.4, 0.5) is 4.79 Å². The van der Waals surface area contributed by atoms with E-state index >= 15 is 0 Å².